The summed E-state index contributed by atoms with van der Waals surface area (Å²) in [4.78, 5) is 39.7. The molecule has 1 saturated heterocycles. The van der Waals surface area contributed by atoms with Crippen molar-refractivity contribution in [3.8, 4) is 0 Å². The Bertz CT molecular complexity index is 1180. The third kappa shape index (κ3) is 4.66. The summed E-state index contributed by atoms with van der Waals surface area (Å²) < 4.78 is 7.98. The summed E-state index contributed by atoms with van der Waals surface area (Å²) in [6, 6.07) is 14.7. The van der Waals surface area contributed by atoms with E-state index in [1.807, 2.05) is 30.3 Å². The molecule has 9 nitrogen and oxygen atoms in total. The van der Waals surface area contributed by atoms with Crippen LogP contribution in [0.4, 0.5) is 4.79 Å². The van der Waals surface area contributed by atoms with Gasteiger partial charge in [-0.15, -0.1) is 5.10 Å². The SMILES string of the molecule is CC(C)(C)OC(=O)N[C@@H]1CN(C(=O)Cn2nc3ccccn3c2=O)C[C@H]1c1ccccc1. The lowest BCUT2D eigenvalue weighted by Crippen LogP contribution is -2.43. The van der Waals surface area contributed by atoms with E-state index >= 15 is 0 Å². The van der Waals surface area contributed by atoms with Crippen molar-refractivity contribution in [3.63, 3.8) is 0 Å². The summed E-state index contributed by atoms with van der Waals surface area (Å²) in [6.45, 7) is 5.99. The largest absolute Gasteiger partial charge is 0.444 e. The number of hydrogen-bond donors (Lipinski definition) is 1. The summed E-state index contributed by atoms with van der Waals surface area (Å²) in [5.41, 5.74) is 0.522. The van der Waals surface area contributed by atoms with Gasteiger partial charge >= 0.3 is 11.8 Å². The second-order valence-electron chi connectivity index (χ2n) is 8.94. The predicted molar refractivity (Wildman–Crippen MR) is 118 cm³/mol. The van der Waals surface area contributed by atoms with Crippen molar-refractivity contribution in [1.82, 2.24) is 24.4 Å². The van der Waals surface area contributed by atoms with E-state index in [9.17, 15) is 14.4 Å². The van der Waals surface area contributed by atoms with E-state index in [1.54, 1.807) is 50.1 Å². The first kappa shape index (κ1) is 21.6. The maximum Gasteiger partial charge on any atom is 0.407 e. The molecule has 3 heterocycles. The van der Waals surface area contributed by atoms with Gasteiger partial charge in [0.1, 0.15) is 12.1 Å². The topological polar surface area (TPSA) is 97.9 Å². The minimum atomic E-state index is -0.620. The van der Waals surface area contributed by atoms with E-state index in [2.05, 4.69) is 10.4 Å². The predicted octanol–water partition coefficient (Wildman–Crippen LogP) is 2.02. The maximum atomic E-state index is 13.1. The minimum Gasteiger partial charge on any atom is -0.444 e. The van der Waals surface area contributed by atoms with E-state index in [4.69, 9.17) is 4.74 Å². The quantitative estimate of drug-likeness (QED) is 0.673. The van der Waals surface area contributed by atoms with Crippen LogP contribution in [0.3, 0.4) is 0 Å². The van der Waals surface area contributed by atoms with Crippen LogP contribution in [0.5, 0.6) is 0 Å². The van der Waals surface area contributed by atoms with Gasteiger partial charge in [-0.05, 0) is 38.5 Å². The molecule has 0 spiro atoms. The number of likely N-dealkylation sites (tertiary alicyclic amines) is 1. The first-order valence-corrected chi connectivity index (χ1v) is 10.6. The highest BCUT2D eigenvalue weighted by Gasteiger charge is 2.38. The molecule has 1 aliphatic heterocycles. The number of hydrogen-bond acceptors (Lipinski definition) is 5. The second kappa shape index (κ2) is 8.49. The smallest absolute Gasteiger partial charge is 0.407 e. The summed E-state index contributed by atoms with van der Waals surface area (Å²) in [6.07, 6.45) is 1.10. The van der Waals surface area contributed by atoms with Crippen LogP contribution >= 0.6 is 0 Å². The molecule has 0 aliphatic carbocycles. The number of benzene rings is 1. The first-order valence-electron chi connectivity index (χ1n) is 10.6. The van der Waals surface area contributed by atoms with Crippen molar-refractivity contribution in [1.29, 1.82) is 0 Å². The number of carbonyl (C=O) groups excluding carboxylic acids is 2. The van der Waals surface area contributed by atoms with Crippen LogP contribution in [0.2, 0.25) is 0 Å². The normalized spacial score (nSPS) is 18.7. The van der Waals surface area contributed by atoms with E-state index in [0.717, 1.165) is 5.56 Å². The number of rotatable bonds is 4. The van der Waals surface area contributed by atoms with Gasteiger partial charge in [0.25, 0.3) is 0 Å². The summed E-state index contributed by atoms with van der Waals surface area (Å²) in [5.74, 6) is -0.324. The Hall–Kier alpha value is -3.62. The van der Waals surface area contributed by atoms with Gasteiger partial charge in [-0.25, -0.2) is 14.3 Å². The molecule has 32 heavy (non-hydrogen) atoms. The molecule has 1 N–H and O–H groups in total. The number of alkyl carbamates (subject to hydrolysis) is 1. The van der Waals surface area contributed by atoms with Gasteiger partial charge in [0.2, 0.25) is 5.91 Å². The standard InChI is InChI=1S/C23H27N5O4/c1-23(2,3)32-21(30)24-18-14-26(13-17(18)16-9-5-4-6-10-16)20(29)15-28-22(31)27-12-8-7-11-19(27)25-28/h4-12,17-18H,13-15H2,1-3H3,(H,24,30)/t17-,18+/m0/s1. The lowest BCUT2D eigenvalue weighted by atomic mass is 9.94. The van der Waals surface area contributed by atoms with Gasteiger partial charge in [0.05, 0.1) is 6.04 Å². The Kier molecular flexibility index (Phi) is 5.73. The Morgan fingerprint density at radius 2 is 1.81 bits per heavy atom. The van der Waals surface area contributed by atoms with Gasteiger partial charge in [0.15, 0.2) is 5.65 Å². The molecule has 2 atom stereocenters. The lowest BCUT2D eigenvalue weighted by Gasteiger charge is -2.24. The molecule has 0 bridgehead atoms. The van der Waals surface area contributed by atoms with Gasteiger partial charge in [-0.3, -0.25) is 9.20 Å². The molecule has 3 aromatic rings. The monoisotopic (exact) mass is 437 g/mol. The van der Waals surface area contributed by atoms with Crippen molar-refractivity contribution < 1.29 is 14.3 Å². The summed E-state index contributed by atoms with van der Waals surface area (Å²) in [5, 5.41) is 7.16. The second-order valence-corrected chi connectivity index (χ2v) is 8.94. The van der Waals surface area contributed by atoms with E-state index in [0.29, 0.717) is 18.7 Å². The third-order valence-electron chi connectivity index (χ3n) is 5.38. The maximum absolute atomic E-state index is 13.1. The third-order valence-corrected chi connectivity index (χ3v) is 5.38. The van der Waals surface area contributed by atoms with Crippen LogP contribution in [-0.4, -0.2) is 55.8 Å². The minimum absolute atomic E-state index is 0.0922. The summed E-state index contributed by atoms with van der Waals surface area (Å²) in [7, 11) is 0. The van der Waals surface area contributed by atoms with Crippen LogP contribution in [0, 0.1) is 0 Å². The van der Waals surface area contributed by atoms with E-state index in [-0.39, 0.29) is 30.1 Å². The lowest BCUT2D eigenvalue weighted by molar-refractivity contribution is -0.131. The zero-order valence-electron chi connectivity index (χ0n) is 18.4. The molecule has 2 aromatic heterocycles. The molecule has 0 radical (unpaired) electrons. The van der Waals surface area contributed by atoms with Crippen LogP contribution in [-0.2, 0) is 16.1 Å². The molecule has 4 rings (SSSR count). The number of amides is 2. The van der Waals surface area contributed by atoms with E-state index < -0.39 is 11.7 Å². The zero-order chi connectivity index (χ0) is 22.9. The number of nitrogens with zero attached hydrogens (tertiary/aromatic N) is 4. The number of carbonyl (C=O) groups is 2. The molecule has 9 heteroatoms. The number of aromatic nitrogens is 3. The van der Waals surface area contributed by atoms with E-state index in [1.165, 1.54) is 9.08 Å². The Morgan fingerprint density at radius 3 is 2.50 bits per heavy atom. The van der Waals surface area contributed by atoms with Crippen LogP contribution in [0.15, 0.2) is 59.5 Å². The fourth-order valence-corrected chi connectivity index (χ4v) is 3.95. The highest BCUT2D eigenvalue weighted by Crippen LogP contribution is 2.28. The van der Waals surface area contributed by atoms with Crippen molar-refractivity contribution in [3.05, 3.63) is 70.8 Å². The van der Waals surface area contributed by atoms with Crippen molar-refractivity contribution >= 4 is 17.6 Å². The molecule has 1 aromatic carbocycles. The molecule has 0 saturated carbocycles. The molecule has 1 aliphatic rings. The van der Waals surface area contributed by atoms with Crippen LogP contribution in [0.25, 0.3) is 5.65 Å². The molecular formula is C23H27N5O4. The Morgan fingerprint density at radius 1 is 1.09 bits per heavy atom. The van der Waals surface area contributed by atoms with Crippen LogP contribution in [0.1, 0.15) is 32.3 Å². The highest BCUT2D eigenvalue weighted by molar-refractivity contribution is 5.77. The van der Waals surface area contributed by atoms with Crippen molar-refractivity contribution in [2.75, 3.05) is 13.1 Å². The highest BCUT2D eigenvalue weighted by atomic mass is 16.6. The number of nitrogens with one attached hydrogen (secondary N) is 1. The fraction of sp³-hybridized carbons (Fsp3) is 0.391. The molecular weight excluding hydrogens is 410 g/mol. The van der Waals surface area contributed by atoms with Crippen molar-refractivity contribution in [2.24, 2.45) is 0 Å². The van der Waals surface area contributed by atoms with Crippen LogP contribution < -0.4 is 11.0 Å². The first-order chi connectivity index (χ1) is 15.2. The Labute approximate surface area is 185 Å². The fourth-order valence-electron chi connectivity index (χ4n) is 3.95. The van der Waals surface area contributed by atoms with Crippen molar-refractivity contribution in [2.45, 2.75) is 44.9 Å². The molecule has 2 amide bonds. The molecule has 168 valence electrons. The zero-order valence-corrected chi connectivity index (χ0v) is 18.4. The van der Waals surface area contributed by atoms with Gasteiger partial charge in [-0.2, -0.15) is 0 Å². The number of ether oxygens (including phenoxy) is 1. The van der Waals surface area contributed by atoms with Gasteiger partial charge in [0, 0.05) is 25.2 Å². The molecule has 0 unspecified atom stereocenters. The average Bonchev–Trinajstić information content (AvgIpc) is 3.29. The average molecular weight is 438 g/mol. The summed E-state index contributed by atoms with van der Waals surface area (Å²) >= 11 is 0. The number of fused-ring (bicyclic) bond motifs is 1. The molecule has 1 fully saturated rings. The van der Waals surface area contributed by atoms with Gasteiger partial charge in [-0.1, -0.05) is 36.4 Å². The van der Waals surface area contributed by atoms with Gasteiger partial charge < -0.3 is 15.0 Å². The number of pyridine rings is 1. The Balaban J connectivity index is 1.52.